The number of hydrogen-bond acceptors (Lipinski definition) is 2. The Bertz CT molecular complexity index is 774. The van der Waals surface area contributed by atoms with Gasteiger partial charge in [-0.2, -0.15) is 0 Å². The van der Waals surface area contributed by atoms with E-state index < -0.39 is 0 Å². The van der Waals surface area contributed by atoms with Crippen LogP contribution in [0.5, 0.6) is 0 Å². The van der Waals surface area contributed by atoms with Crippen molar-refractivity contribution in [2.75, 3.05) is 13.1 Å². The van der Waals surface area contributed by atoms with Gasteiger partial charge in [0.1, 0.15) is 0 Å². The topological polar surface area (TPSA) is 3.24 Å². The molecule has 0 bridgehead atoms. The first kappa shape index (κ1) is 13.1. The Morgan fingerprint density at radius 2 is 2.05 bits per heavy atom. The minimum atomic E-state index is 0.499. The highest BCUT2D eigenvalue weighted by atomic mass is 32.1. The molecule has 1 nitrogen and oxygen atoms in total. The summed E-state index contributed by atoms with van der Waals surface area (Å²) in [7, 11) is 0. The van der Waals surface area contributed by atoms with Crippen LogP contribution in [0.2, 0.25) is 0 Å². The SMILES string of the molecule is CCN1Cc2ccccc2C(c2ccc3sccc3c2)C1. The minimum absolute atomic E-state index is 0.499. The summed E-state index contributed by atoms with van der Waals surface area (Å²) in [5, 5.41) is 3.56. The Balaban J connectivity index is 1.82. The fraction of sp³-hybridized carbons (Fsp3) is 0.263. The Morgan fingerprint density at radius 1 is 1.14 bits per heavy atom. The highest BCUT2D eigenvalue weighted by Crippen LogP contribution is 2.35. The third kappa shape index (κ3) is 2.29. The van der Waals surface area contributed by atoms with Crippen LogP contribution in [0.25, 0.3) is 10.1 Å². The number of nitrogens with zero attached hydrogens (tertiary/aromatic N) is 1. The van der Waals surface area contributed by atoms with Gasteiger partial charge in [-0.1, -0.05) is 37.3 Å². The highest BCUT2D eigenvalue weighted by Gasteiger charge is 2.25. The van der Waals surface area contributed by atoms with Crippen molar-refractivity contribution < 1.29 is 0 Å². The van der Waals surface area contributed by atoms with Crippen LogP contribution in [-0.2, 0) is 6.54 Å². The zero-order valence-corrected chi connectivity index (χ0v) is 13.1. The fourth-order valence-electron chi connectivity index (χ4n) is 3.41. The molecule has 1 atom stereocenters. The van der Waals surface area contributed by atoms with E-state index in [-0.39, 0.29) is 0 Å². The quantitative estimate of drug-likeness (QED) is 0.651. The predicted molar refractivity (Wildman–Crippen MR) is 91.1 cm³/mol. The van der Waals surface area contributed by atoms with E-state index in [1.54, 1.807) is 0 Å². The van der Waals surface area contributed by atoms with Crippen molar-refractivity contribution in [3.05, 3.63) is 70.6 Å². The van der Waals surface area contributed by atoms with E-state index in [9.17, 15) is 0 Å². The number of fused-ring (bicyclic) bond motifs is 2. The number of hydrogen-bond donors (Lipinski definition) is 0. The van der Waals surface area contributed by atoms with Crippen molar-refractivity contribution in [1.82, 2.24) is 4.90 Å². The molecular weight excluding hydrogens is 274 g/mol. The van der Waals surface area contributed by atoms with Crippen LogP contribution in [-0.4, -0.2) is 18.0 Å². The Kier molecular flexibility index (Phi) is 3.28. The molecule has 2 heteroatoms. The molecule has 4 rings (SSSR count). The number of thiophene rings is 1. The maximum absolute atomic E-state index is 2.55. The van der Waals surface area contributed by atoms with Crippen molar-refractivity contribution >= 4 is 21.4 Å². The van der Waals surface area contributed by atoms with Gasteiger partial charge in [-0.3, -0.25) is 4.90 Å². The van der Waals surface area contributed by atoms with Crippen LogP contribution >= 0.6 is 11.3 Å². The summed E-state index contributed by atoms with van der Waals surface area (Å²) in [4.78, 5) is 2.55. The van der Waals surface area contributed by atoms with E-state index in [2.05, 4.69) is 65.7 Å². The second-order valence-electron chi connectivity index (χ2n) is 5.80. The van der Waals surface area contributed by atoms with Crippen LogP contribution in [0, 0.1) is 0 Å². The summed E-state index contributed by atoms with van der Waals surface area (Å²) in [6.45, 7) is 5.59. The van der Waals surface area contributed by atoms with Gasteiger partial charge < -0.3 is 0 Å². The van der Waals surface area contributed by atoms with Crippen LogP contribution in [0.4, 0.5) is 0 Å². The average Bonchev–Trinajstić information content (AvgIpc) is 3.01. The molecule has 21 heavy (non-hydrogen) atoms. The van der Waals surface area contributed by atoms with Crippen molar-refractivity contribution in [1.29, 1.82) is 0 Å². The molecule has 2 aromatic carbocycles. The van der Waals surface area contributed by atoms with Crippen LogP contribution in [0.15, 0.2) is 53.9 Å². The molecule has 0 spiro atoms. The van der Waals surface area contributed by atoms with E-state index >= 15 is 0 Å². The molecular formula is C19H19NS. The summed E-state index contributed by atoms with van der Waals surface area (Å²) in [6.07, 6.45) is 0. The largest absolute Gasteiger partial charge is 0.298 e. The molecule has 0 saturated carbocycles. The van der Waals surface area contributed by atoms with Gasteiger partial charge in [0.2, 0.25) is 0 Å². The van der Waals surface area contributed by atoms with Crippen molar-refractivity contribution in [3.63, 3.8) is 0 Å². The van der Waals surface area contributed by atoms with Crippen molar-refractivity contribution in [2.45, 2.75) is 19.4 Å². The van der Waals surface area contributed by atoms with Gasteiger partial charge in [0.05, 0.1) is 0 Å². The molecule has 0 amide bonds. The Hall–Kier alpha value is -1.64. The maximum Gasteiger partial charge on any atom is 0.0342 e. The van der Waals surface area contributed by atoms with Gasteiger partial charge in [-0.15, -0.1) is 11.3 Å². The first-order valence-corrected chi connectivity index (χ1v) is 8.50. The molecule has 1 aromatic heterocycles. The molecule has 0 fully saturated rings. The van der Waals surface area contributed by atoms with Gasteiger partial charge >= 0.3 is 0 Å². The summed E-state index contributed by atoms with van der Waals surface area (Å²) in [5.41, 5.74) is 4.45. The van der Waals surface area contributed by atoms with Crippen LogP contribution < -0.4 is 0 Å². The molecule has 0 N–H and O–H groups in total. The maximum atomic E-state index is 2.55. The second kappa shape index (κ2) is 5.28. The van der Waals surface area contributed by atoms with E-state index in [1.165, 1.54) is 26.8 Å². The minimum Gasteiger partial charge on any atom is -0.298 e. The molecule has 3 aromatic rings. The first-order valence-electron chi connectivity index (χ1n) is 7.62. The van der Waals surface area contributed by atoms with Gasteiger partial charge in [0, 0.05) is 23.7 Å². The van der Waals surface area contributed by atoms with E-state index in [1.807, 2.05) is 11.3 Å². The average molecular weight is 293 g/mol. The van der Waals surface area contributed by atoms with Crippen LogP contribution in [0.1, 0.15) is 29.5 Å². The fourth-order valence-corrected chi connectivity index (χ4v) is 4.18. The number of rotatable bonds is 2. The summed E-state index contributed by atoms with van der Waals surface area (Å²) < 4.78 is 1.38. The van der Waals surface area contributed by atoms with Gasteiger partial charge in [-0.25, -0.2) is 0 Å². The summed E-state index contributed by atoms with van der Waals surface area (Å²) in [5.74, 6) is 0.499. The molecule has 2 heterocycles. The molecule has 106 valence electrons. The zero-order chi connectivity index (χ0) is 14.2. The van der Waals surface area contributed by atoms with Crippen molar-refractivity contribution in [2.24, 2.45) is 0 Å². The third-order valence-electron chi connectivity index (χ3n) is 4.59. The first-order chi connectivity index (χ1) is 10.3. The van der Waals surface area contributed by atoms with E-state index in [0.29, 0.717) is 5.92 Å². The zero-order valence-electron chi connectivity index (χ0n) is 12.3. The predicted octanol–water partition coefficient (Wildman–Crippen LogP) is 4.87. The lowest BCUT2D eigenvalue weighted by molar-refractivity contribution is 0.253. The Morgan fingerprint density at radius 3 is 2.95 bits per heavy atom. The number of likely N-dealkylation sites (N-methyl/N-ethyl adjacent to an activating group) is 1. The normalized spacial score (nSPS) is 18.8. The molecule has 1 aliphatic rings. The van der Waals surface area contributed by atoms with Gasteiger partial charge in [-0.05, 0) is 52.2 Å². The molecule has 0 aliphatic carbocycles. The summed E-state index contributed by atoms with van der Waals surface area (Å²) in [6, 6.07) is 18.1. The van der Waals surface area contributed by atoms with Crippen molar-refractivity contribution in [3.8, 4) is 0 Å². The molecule has 1 unspecified atom stereocenters. The second-order valence-corrected chi connectivity index (χ2v) is 6.74. The Labute approximate surface area is 129 Å². The third-order valence-corrected chi connectivity index (χ3v) is 5.49. The highest BCUT2D eigenvalue weighted by molar-refractivity contribution is 7.17. The van der Waals surface area contributed by atoms with Crippen LogP contribution in [0.3, 0.4) is 0 Å². The molecule has 0 saturated heterocycles. The lowest BCUT2D eigenvalue weighted by Gasteiger charge is -2.34. The summed E-state index contributed by atoms with van der Waals surface area (Å²) >= 11 is 1.82. The lowest BCUT2D eigenvalue weighted by Crippen LogP contribution is -2.33. The smallest absolute Gasteiger partial charge is 0.0342 e. The van der Waals surface area contributed by atoms with E-state index in [0.717, 1.165) is 19.6 Å². The standard InChI is InChI=1S/C19H19NS/c1-2-20-12-16-5-3-4-6-17(16)18(13-20)14-7-8-19-15(11-14)9-10-21-19/h3-11,18H,2,12-13H2,1H3. The monoisotopic (exact) mass is 293 g/mol. The van der Waals surface area contributed by atoms with Gasteiger partial charge in [0.15, 0.2) is 0 Å². The van der Waals surface area contributed by atoms with E-state index in [4.69, 9.17) is 0 Å². The van der Waals surface area contributed by atoms with Gasteiger partial charge in [0.25, 0.3) is 0 Å². The molecule has 1 aliphatic heterocycles. The lowest BCUT2D eigenvalue weighted by atomic mass is 9.84. The molecule has 0 radical (unpaired) electrons. The number of benzene rings is 2.